The van der Waals surface area contributed by atoms with Crippen molar-refractivity contribution in [1.82, 2.24) is 5.16 Å². The van der Waals surface area contributed by atoms with Gasteiger partial charge in [-0.2, -0.15) is 0 Å². The Morgan fingerprint density at radius 1 is 1.19 bits per heavy atom. The predicted octanol–water partition coefficient (Wildman–Crippen LogP) is 4.69. The van der Waals surface area contributed by atoms with Gasteiger partial charge in [0.15, 0.2) is 0 Å². The van der Waals surface area contributed by atoms with Gasteiger partial charge in [-0.05, 0) is 36.2 Å². The number of nitrogen functional groups attached to an aromatic ring is 1. The summed E-state index contributed by atoms with van der Waals surface area (Å²) in [6.07, 6.45) is 0. The molecule has 2 N–H and O–H groups in total. The van der Waals surface area contributed by atoms with Crippen molar-refractivity contribution < 1.29 is 8.91 Å². The molecule has 0 aliphatic heterocycles. The number of benzene rings is 2. The number of anilines is 1. The number of hydrogen-bond acceptors (Lipinski definition) is 3. The van der Waals surface area contributed by atoms with E-state index in [-0.39, 0.29) is 10.9 Å². The Hall–Kier alpha value is -2.33. The molecule has 0 unspecified atom stereocenters. The first-order valence-electron chi connectivity index (χ1n) is 6.34. The van der Waals surface area contributed by atoms with Crippen LogP contribution in [-0.4, -0.2) is 5.16 Å². The van der Waals surface area contributed by atoms with E-state index in [1.807, 2.05) is 31.2 Å². The number of aryl methyl sites for hydroxylation is 1. The van der Waals surface area contributed by atoms with Gasteiger partial charge in [-0.25, -0.2) is 4.39 Å². The number of halogens is 2. The minimum atomic E-state index is -0.477. The first-order chi connectivity index (χ1) is 10.1. The molecule has 3 rings (SSSR count). The SMILES string of the molecule is Cc1ccccc1-c1c(-c2ccc(F)c(Cl)c2)noc1N. The third-order valence-corrected chi connectivity index (χ3v) is 3.62. The lowest BCUT2D eigenvalue weighted by atomic mass is 9.97. The third-order valence-electron chi connectivity index (χ3n) is 3.33. The number of aromatic nitrogens is 1. The normalized spacial score (nSPS) is 10.8. The number of nitrogens with zero attached hydrogens (tertiary/aromatic N) is 1. The van der Waals surface area contributed by atoms with Crippen molar-refractivity contribution in [3.63, 3.8) is 0 Å². The standard InChI is InChI=1S/C16H12ClFN2O/c1-9-4-2-3-5-11(9)14-15(20-21-16(14)19)10-6-7-13(18)12(17)8-10/h2-8H,19H2,1H3. The number of rotatable bonds is 2. The predicted molar refractivity (Wildman–Crippen MR) is 81.5 cm³/mol. The zero-order valence-electron chi connectivity index (χ0n) is 11.2. The van der Waals surface area contributed by atoms with E-state index in [4.69, 9.17) is 21.9 Å². The van der Waals surface area contributed by atoms with Crippen LogP contribution in [0.4, 0.5) is 10.3 Å². The molecule has 1 aromatic heterocycles. The van der Waals surface area contributed by atoms with Crippen LogP contribution in [-0.2, 0) is 0 Å². The molecule has 0 radical (unpaired) electrons. The zero-order chi connectivity index (χ0) is 15.0. The molecule has 106 valence electrons. The van der Waals surface area contributed by atoms with Gasteiger partial charge in [0.05, 0.1) is 10.6 Å². The minimum absolute atomic E-state index is 0.0322. The van der Waals surface area contributed by atoms with Gasteiger partial charge in [0.25, 0.3) is 0 Å². The summed E-state index contributed by atoms with van der Waals surface area (Å²) in [4.78, 5) is 0. The molecule has 3 nitrogen and oxygen atoms in total. The summed E-state index contributed by atoms with van der Waals surface area (Å²) in [5.41, 5.74) is 9.77. The Morgan fingerprint density at radius 3 is 2.67 bits per heavy atom. The van der Waals surface area contributed by atoms with Crippen molar-refractivity contribution in [3.8, 4) is 22.4 Å². The monoisotopic (exact) mass is 302 g/mol. The quantitative estimate of drug-likeness (QED) is 0.747. The van der Waals surface area contributed by atoms with Crippen LogP contribution >= 0.6 is 11.6 Å². The Labute approximate surface area is 126 Å². The summed E-state index contributed by atoms with van der Waals surface area (Å²) in [5.74, 6) is -0.255. The third kappa shape index (κ3) is 2.38. The summed E-state index contributed by atoms with van der Waals surface area (Å²) in [5, 5.41) is 4.03. The van der Waals surface area contributed by atoms with E-state index >= 15 is 0 Å². The fraction of sp³-hybridized carbons (Fsp3) is 0.0625. The molecule has 0 fully saturated rings. The van der Waals surface area contributed by atoms with Crippen LogP contribution < -0.4 is 5.73 Å². The molecule has 21 heavy (non-hydrogen) atoms. The Bertz CT molecular complexity index is 814. The maximum atomic E-state index is 13.3. The van der Waals surface area contributed by atoms with E-state index in [0.717, 1.165) is 11.1 Å². The molecule has 0 aliphatic carbocycles. The maximum Gasteiger partial charge on any atom is 0.230 e. The van der Waals surface area contributed by atoms with Crippen molar-refractivity contribution in [1.29, 1.82) is 0 Å². The number of nitrogens with two attached hydrogens (primary N) is 1. The average Bonchev–Trinajstić information content (AvgIpc) is 2.84. The van der Waals surface area contributed by atoms with Crippen LogP contribution in [0.15, 0.2) is 47.0 Å². The Morgan fingerprint density at radius 2 is 1.95 bits per heavy atom. The highest BCUT2D eigenvalue weighted by Crippen LogP contribution is 2.38. The molecule has 3 aromatic rings. The van der Waals surface area contributed by atoms with Crippen LogP contribution in [0.25, 0.3) is 22.4 Å². The lowest BCUT2D eigenvalue weighted by Gasteiger charge is -2.06. The van der Waals surface area contributed by atoms with Crippen molar-refractivity contribution >= 4 is 17.5 Å². The van der Waals surface area contributed by atoms with Gasteiger partial charge in [-0.3, -0.25) is 0 Å². The van der Waals surface area contributed by atoms with Crippen molar-refractivity contribution in [2.75, 3.05) is 5.73 Å². The molecule has 0 atom stereocenters. The second-order valence-corrected chi connectivity index (χ2v) is 5.12. The molecule has 0 saturated heterocycles. The molecule has 0 aliphatic rings. The van der Waals surface area contributed by atoms with Gasteiger partial charge in [0.2, 0.25) is 5.88 Å². The summed E-state index contributed by atoms with van der Waals surface area (Å²) in [6, 6.07) is 12.2. The van der Waals surface area contributed by atoms with Crippen LogP contribution in [0.5, 0.6) is 0 Å². The fourth-order valence-electron chi connectivity index (χ4n) is 2.26. The Kier molecular flexibility index (Phi) is 3.39. The van der Waals surface area contributed by atoms with Crippen LogP contribution in [0, 0.1) is 12.7 Å². The van der Waals surface area contributed by atoms with E-state index < -0.39 is 5.82 Å². The summed E-state index contributed by atoms with van der Waals surface area (Å²) in [6.45, 7) is 1.98. The lowest BCUT2D eigenvalue weighted by molar-refractivity contribution is 0.439. The largest absolute Gasteiger partial charge is 0.367 e. The van der Waals surface area contributed by atoms with Crippen LogP contribution in [0.1, 0.15) is 5.56 Å². The highest BCUT2D eigenvalue weighted by Gasteiger charge is 2.19. The van der Waals surface area contributed by atoms with Crippen LogP contribution in [0.3, 0.4) is 0 Å². The van der Waals surface area contributed by atoms with E-state index in [9.17, 15) is 4.39 Å². The zero-order valence-corrected chi connectivity index (χ0v) is 12.0. The summed E-state index contributed by atoms with van der Waals surface area (Å²) < 4.78 is 18.4. The summed E-state index contributed by atoms with van der Waals surface area (Å²) in [7, 11) is 0. The van der Waals surface area contributed by atoms with E-state index in [0.29, 0.717) is 16.8 Å². The van der Waals surface area contributed by atoms with Crippen molar-refractivity contribution in [3.05, 3.63) is 58.9 Å². The number of hydrogen-bond donors (Lipinski definition) is 1. The summed E-state index contributed by atoms with van der Waals surface area (Å²) >= 11 is 5.84. The molecular formula is C16H12ClFN2O. The molecule has 0 bridgehead atoms. The second-order valence-electron chi connectivity index (χ2n) is 4.71. The molecule has 0 amide bonds. The van der Waals surface area contributed by atoms with Gasteiger partial charge in [-0.15, -0.1) is 0 Å². The van der Waals surface area contributed by atoms with E-state index in [1.54, 1.807) is 6.07 Å². The molecule has 0 saturated carbocycles. The average molecular weight is 303 g/mol. The van der Waals surface area contributed by atoms with Crippen molar-refractivity contribution in [2.45, 2.75) is 6.92 Å². The lowest BCUT2D eigenvalue weighted by Crippen LogP contribution is -1.90. The van der Waals surface area contributed by atoms with Gasteiger partial charge in [0.1, 0.15) is 11.5 Å². The van der Waals surface area contributed by atoms with Gasteiger partial charge >= 0.3 is 0 Å². The van der Waals surface area contributed by atoms with Gasteiger partial charge in [-0.1, -0.05) is 41.0 Å². The first-order valence-corrected chi connectivity index (χ1v) is 6.72. The van der Waals surface area contributed by atoms with Crippen molar-refractivity contribution in [2.24, 2.45) is 0 Å². The topological polar surface area (TPSA) is 52.0 Å². The van der Waals surface area contributed by atoms with Crippen LogP contribution in [0.2, 0.25) is 5.02 Å². The van der Waals surface area contributed by atoms with Gasteiger partial charge in [0, 0.05) is 5.56 Å². The molecule has 2 aromatic carbocycles. The fourth-order valence-corrected chi connectivity index (χ4v) is 2.44. The highest BCUT2D eigenvalue weighted by atomic mass is 35.5. The smallest absolute Gasteiger partial charge is 0.230 e. The molecule has 5 heteroatoms. The highest BCUT2D eigenvalue weighted by molar-refractivity contribution is 6.31. The molecule has 1 heterocycles. The maximum absolute atomic E-state index is 13.3. The minimum Gasteiger partial charge on any atom is -0.367 e. The molecule has 0 spiro atoms. The van der Waals surface area contributed by atoms with Gasteiger partial charge < -0.3 is 10.3 Å². The van der Waals surface area contributed by atoms with E-state index in [1.165, 1.54) is 12.1 Å². The first kappa shape index (κ1) is 13.6. The van der Waals surface area contributed by atoms with E-state index in [2.05, 4.69) is 5.16 Å². The second kappa shape index (κ2) is 5.22. The Balaban J connectivity index is 2.22. The molecular weight excluding hydrogens is 291 g/mol.